The van der Waals surface area contributed by atoms with Crippen LogP contribution in [0.2, 0.25) is 0 Å². The molecule has 2 fully saturated rings. The molecule has 2 heterocycles. The topological polar surface area (TPSA) is 185 Å². The Labute approximate surface area is 230 Å². The average molecular weight is 564 g/mol. The summed E-state index contributed by atoms with van der Waals surface area (Å²) in [6.07, 6.45) is -4.84. The Morgan fingerprint density at radius 2 is 1.43 bits per heavy atom. The van der Waals surface area contributed by atoms with Gasteiger partial charge in [0.15, 0.2) is 18.5 Å². The number of hydrogen-bond acceptors (Lipinski definition) is 11. The molecule has 218 valence electrons. The summed E-state index contributed by atoms with van der Waals surface area (Å²) in [5, 5.41) is 7.86. The van der Waals surface area contributed by atoms with Crippen molar-refractivity contribution in [2.45, 2.75) is 76.8 Å². The number of carbonyl (C=O) groups excluding carboxylic acids is 6. The van der Waals surface area contributed by atoms with Gasteiger partial charge in [-0.15, -0.1) is 0 Å². The van der Waals surface area contributed by atoms with E-state index in [1.807, 2.05) is 30.3 Å². The number of rotatable bonds is 10. The maximum atomic E-state index is 12.8. The molecular formula is C26H33N3O11. The smallest absolute Gasteiger partial charge is 0.303 e. The minimum absolute atomic E-state index is 0.293. The second-order valence-corrected chi connectivity index (χ2v) is 9.37. The SMILES string of the molecule is CC(=O)N[C@H]1[C@H](OC[C@@H]2NC(=O)[C@@H](Cc3ccccc3)NC2=O)O[C@H](COC(C)=O)[C@@H](OC(C)=O)[C@@H]1OC(C)=O. The number of hydrogen-bond donors (Lipinski definition) is 3. The molecule has 14 heteroatoms. The molecule has 7 atom stereocenters. The van der Waals surface area contributed by atoms with Gasteiger partial charge in [-0.25, -0.2) is 0 Å². The lowest BCUT2D eigenvalue weighted by Gasteiger charge is -2.45. The van der Waals surface area contributed by atoms with Crippen molar-refractivity contribution in [2.75, 3.05) is 13.2 Å². The first kappa shape index (κ1) is 30.5. The number of piperazine rings is 1. The highest BCUT2D eigenvalue weighted by Crippen LogP contribution is 2.28. The lowest BCUT2D eigenvalue weighted by molar-refractivity contribution is -0.278. The fraction of sp³-hybridized carbons (Fsp3) is 0.538. The second kappa shape index (κ2) is 13.8. The molecule has 0 spiro atoms. The quantitative estimate of drug-likeness (QED) is 0.231. The molecule has 14 nitrogen and oxygen atoms in total. The van der Waals surface area contributed by atoms with Crippen LogP contribution in [0.1, 0.15) is 33.3 Å². The molecular weight excluding hydrogens is 530 g/mol. The largest absolute Gasteiger partial charge is 0.463 e. The molecule has 2 aliphatic rings. The zero-order valence-corrected chi connectivity index (χ0v) is 22.5. The number of esters is 3. The van der Waals surface area contributed by atoms with Crippen LogP contribution >= 0.6 is 0 Å². The molecule has 0 radical (unpaired) electrons. The molecule has 3 rings (SSSR count). The molecule has 1 aromatic carbocycles. The Morgan fingerprint density at radius 3 is 2.02 bits per heavy atom. The van der Waals surface area contributed by atoms with E-state index in [0.29, 0.717) is 6.42 Å². The Balaban J connectivity index is 1.77. The number of benzene rings is 1. The van der Waals surface area contributed by atoms with Crippen molar-refractivity contribution in [1.82, 2.24) is 16.0 Å². The summed E-state index contributed by atoms with van der Waals surface area (Å²) in [4.78, 5) is 72.8. The van der Waals surface area contributed by atoms with E-state index in [2.05, 4.69) is 16.0 Å². The highest BCUT2D eigenvalue weighted by molar-refractivity contribution is 5.97. The molecule has 40 heavy (non-hydrogen) atoms. The van der Waals surface area contributed by atoms with Crippen LogP contribution in [0.25, 0.3) is 0 Å². The van der Waals surface area contributed by atoms with Crippen molar-refractivity contribution in [2.24, 2.45) is 0 Å². The Bertz CT molecular complexity index is 1110. The Hall–Kier alpha value is -4.04. The van der Waals surface area contributed by atoms with Gasteiger partial charge in [0.25, 0.3) is 0 Å². The van der Waals surface area contributed by atoms with Gasteiger partial charge in [0.05, 0.1) is 6.61 Å². The van der Waals surface area contributed by atoms with Crippen molar-refractivity contribution in [3.63, 3.8) is 0 Å². The first-order valence-corrected chi connectivity index (χ1v) is 12.6. The molecule has 3 amide bonds. The van der Waals surface area contributed by atoms with Crippen LogP contribution in [0.4, 0.5) is 0 Å². The zero-order valence-electron chi connectivity index (χ0n) is 22.5. The van der Waals surface area contributed by atoms with E-state index in [1.165, 1.54) is 6.92 Å². The highest BCUT2D eigenvalue weighted by atomic mass is 16.7. The third-order valence-corrected chi connectivity index (χ3v) is 6.05. The van der Waals surface area contributed by atoms with Crippen LogP contribution in [-0.2, 0) is 58.9 Å². The number of amides is 3. The number of ether oxygens (including phenoxy) is 5. The van der Waals surface area contributed by atoms with Crippen molar-refractivity contribution in [1.29, 1.82) is 0 Å². The summed E-state index contributed by atoms with van der Waals surface area (Å²) < 4.78 is 27.5. The van der Waals surface area contributed by atoms with Gasteiger partial charge in [-0.05, 0) is 5.56 Å². The standard InChI is InChI=1S/C26H33N3O11/c1-13(30)27-21-23(39-16(4)33)22(38-15(3)32)20(12-36-14(2)31)40-26(21)37-11-19-25(35)28-18(24(34)29-19)10-17-8-6-5-7-9-17/h5-9,18-23,26H,10-12H2,1-4H3,(H,27,30)(H,28,35)(H,29,34)/t18-,19+,20-,21-,22-,23-,26-/m1/s1. The molecule has 0 saturated carbocycles. The summed E-state index contributed by atoms with van der Waals surface area (Å²) >= 11 is 0. The fourth-order valence-electron chi connectivity index (χ4n) is 4.41. The molecule has 2 saturated heterocycles. The van der Waals surface area contributed by atoms with E-state index >= 15 is 0 Å². The lowest BCUT2D eigenvalue weighted by Crippen LogP contribution is -2.68. The maximum Gasteiger partial charge on any atom is 0.303 e. The molecule has 0 unspecified atom stereocenters. The highest BCUT2D eigenvalue weighted by Gasteiger charge is 2.51. The summed E-state index contributed by atoms with van der Waals surface area (Å²) in [6, 6.07) is 6.09. The van der Waals surface area contributed by atoms with Gasteiger partial charge in [-0.1, -0.05) is 30.3 Å². The van der Waals surface area contributed by atoms with Crippen LogP contribution in [-0.4, -0.2) is 91.6 Å². The van der Waals surface area contributed by atoms with Gasteiger partial charge < -0.3 is 39.6 Å². The summed E-state index contributed by atoms with van der Waals surface area (Å²) in [5.74, 6) is -3.62. The predicted octanol–water partition coefficient (Wildman–Crippen LogP) is -1.11. The second-order valence-electron chi connectivity index (χ2n) is 9.37. The molecule has 2 aliphatic heterocycles. The van der Waals surface area contributed by atoms with Crippen molar-refractivity contribution < 1.29 is 52.5 Å². The van der Waals surface area contributed by atoms with Gasteiger partial charge >= 0.3 is 17.9 Å². The molecule has 0 bridgehead atoms. The van der Waals surface area contributed by atoms with Crippen LogP contribution in [0.3, 0.4) is 0 Å². The van der Waals surface area contributed by atoms with Crippen LogP contribution in [0.15, 0.2) is 30.3 Å². The monoisotopic (exact) mass is 563 g/mol. The maximum absolute atomic E-state index is 12.8. The van der Waals surface area contributed by atoms with Gasteiger partial charge in [-0.2, -0.15) is 0 Å². The minimum atomic E-state index is -1.37. The van der Waals surface area contributed by atoms with E-state index in [-0.39, 0.29) is 6.61 Å². The first-order valence-electron chi connectivity index (χ1n) is 12.6. The van der Waals surface area contributed by atoms with Gasteiger partial charge in [0.2, 0.25) is 17.7 Å². The third kappa shape index (κ3) is 8.48. The molecule has 1 aromatic rings. The van der Waals surface area contributed by atoms with Gasteiger partial charge in [-0.3, -0.25) is 28.8 Å². The summed E-state index contributed by atoms with van der Waals surface area (Å²) in [6.45, 7) is 3.82. The van der Waals surface area contributed by atoms with Crippen LogP contribution in [0, 0.1) is 0 Å². The normalized spacial score (nSPS) is 27.9. The van der Waals surface area contributed by atoms with Crippen LogP contribution in [0.5, 0.6) is 0 Å². The van der Waals surface area contributed by atoms with Crippen molar-refractivity contribution in [3.05, 3.63) is 35.9 Å². The minimum Gasteiger partial charge on any atom is -0.463 e. The van der Waals surface area contributed by atoms with E-state index in [0.717, 1.165) is 26.3 Å². The number of carbonyl (C=O) groups is 6. The lowest BCUT2D eigenvalue weighted by atomic mass is 9.96. The van der Waals surface area contributed by atoms with E-state index in [9.17, 15) is 28.8 Å². The Kier molecular flexibility index (Phi) is 10.6. The van der Waals surface area contributed by atoms with Crippen LogP contribution < -0.4 is 16.0 Å². The van der Waals surface area contributed by atoms with E-state index in [1.54, 1.807) is 0 Å². The molecule has 3 N–H and O–H groups in total. The number of nitrogens with one attached hydrogen (secondary N) is 3. The van der Waals surface area contributed by atoms with E-state index < -0.39 is 85.0 Å². The average Bonchev–Trinajstić information content (AvgIpc) is 2.87. The zero-order chi connectivity index (χ0) is 29.4. The van der Waals surface area contributed by atoms with E-state index in [4.69, 9.17) is 23.7 Å². The van der Waals surface area contributed by atoms with Gasteiger partial charge in [0, 0.05) is 34.1 Å². The molecule has 0 aromatic heterocycles. The first-order chi connectivity index (χ1) is 18.9. The van der Waals surface area contributed by atoms with Crippen molar-refractivity contribution >= 4 is 35.6 Å². The fourth-order valence-corrected chi connectivity index (χ4v) is 4.41. The van der Waals surface area contributed by atoms with Crippen molar-refractivity contribution in [3.8, 4) is 0 Å². The van der Waals surface area contributed by atoms with Gasteiger partial charge in [0.1, 0.15) is 30.8 Å². The predicted molar refractivity (Wildman–Crippen MR) is 134 cm³/mol. The Morgan fingerprint density at radius 1 is 0.825 bits per heavy atom. The third-order valence-electron chi connectivity index (χ3n) is 6.05. The summed E-state index contributed by atoms with van der Waals surface area (Å²) in [7, 11) is 0. The summed E-state index contributed by atoms with van der Waals surface area (Å²) in [5.41, 5.74) is 0.865. The molecule has 0 aliphatic carbocycles.